The number of aryl methyl sites for hydroxylation is 1. The normalized spacial score (nSPS) is 20.2. The first-order valence-corrected chi connectivity index (χ1v) is 11.2. The first-order chi connectivity index (χ1) is 13.2. The summed E-state index contributed by atoms with van der Waals surface area (Å²) in [5.41, 5.74) is 2.28. The molecule has 0 spiro atoms. The van der Waals surface area contributed by atoms with Crippen molar-refractivity contribution in [2.75, 3.05) is 18.4 Å². The van der Waals surface area contributed by atoms with Gasteiger partial charge in [0.1, 0.15) is 6.04 Å². The molecule has 2 aromatic rings. The molecule has 2 heterocycles. The van der Waals surface area contributed by atoms with Gasteiger partial charge in [-0.05, 0) is 48.3 Å². The average molecular weight is 420 g/mol. The zero-order chi connectivity index (χ0) is 20.5. The Balaban J connectivity index is 1.73. The topological polar surface area (TPSA) is 45.2 Å². The van der Waals surface area contributed by atoms with Crippen LogP contribution in [0, 0.1) is 18.3 Å². The number of hydrogen-bond donors (Lipinski definition) is 1. The number of amides is 1. The number of likely N-dealkylation sites (tertiary alicyclic amines) is 1. The Morgan fingerprint density at radius 2 is 2.00 bits per heavy atom. The molecule has 1 aromatic heterocycles. The molecule has 0 bridgehead atoms. The predicted octanol–water partition coefficient (Wildman–Crippen LogP) is 5.58. The Morgan fingerprint density at radius 1 is 1.32 bits per heavy atom. The average Bonchev–Trinajstić information content (AvgIpc) is 3.04. The summed E-state index contributed by atoms with van der Waals surface area (Å²) in [4.78, 5) is 19.9. The quantitative estimate of drug-likeness (QED) is 0.687. The Bertz CT molecular complexity index is 815. The zero-order valence-electron chi connectivity index (χ0n) is 17.3. The van der Waals surface area contributed by atoms with Gasteiger partial charge in [-0.15, -0.1) is 11.3 Å². The van der Waals surface area contributed by atoms with E-state index in [-0.39, 0.29) is 23.3 Å². The molecule has 1 aromatic carbocycles. The summed E-state index contributed by atoms with van der Waals surface area (Å²) in [6.07, 6.45) is 0.960. The van der Waals surface area contributed by atoms with E-state index < -0.39 is 0 Å². The minimum absolute atomic E-state index is 0.00103. The van der Waals surface area contributed by atoms with Gasteiger partial charge < -0.3 is 10.2 Å². The summed E-state index contributed by atoms with van der Waals surface area (Å²) in [6, 6.07) is 7.90. The number of anilines is 1. The highest BCUT2D eigenvalue weighted by molar-refractivity contribution is 7.13. The molecule has 3 rings (SSSR count). The Labute approximate surface area is 177 Å². The van der Waals surface area contributed by atoms with E-state index in [1.807, 2.05) is 29.3 Å². The Kier molecular flexibility index (Phi) is 6.35. The lowest BCUT2D eigenvalue weighted by Gasteiger charge is -2.45. The number of thiazole rings is 1. The summed E-state index contributed by atoms with van der Waals surface area (Å²) < 4.78 is 0. The molecule has 6 heteroatoms. The predicted molar refractivity (Wildman–Crippen MR) is 118 cm³/mol. The molecular formula is C22H30ClN3OS. The molecular weight excluding hydrogens is 390 g/mol. The summed E-state index contributed by atoms with van der Waals surface area (Å²) in [5, 5.41) is 6.96. The van der Waals surface area contributed by atoms with Gasteiger partial charge in [0.05, 0.1) is 5.69 Å². The maximum atomic E-state index is 13.3. The fourth-order valence-corrected chi connectivity index (χ4v) is 4.97. The summed E-state index contributed by atoms with van der Waals surface area (Å²) in [6.45, 7) is 12.2. The molecule has 0 aliphatic carbocycles. The van der Waals surface area contributed by atoms with Crippen molar-refractivity contribution in [2.45, 2.75) is 53.0 Å². The van der Waals surface area contributed by atoms with Crippen LogP contribution >= 0.6 is 22.9 Å². The number of piperidine rings is 1. The van der Waals surface area contributed by atoms with Gasteiger partial charge in [0.15, 0.2) is 5.13 Å². The molecule has 152 valence electrons. The van der Waals surface area contributed by atoms with E-state index in [2.05, 4.69) is 50.1 Å². The monoisotopic (exact) mass is 419 g/mol. The zero-order valence-corrected chi connectivity index (χ0v) is 18.9. The fraction of sp³-hybridized carbons (Fsp3) is 0.545. The number of hydrogen-bond acceptors (Lipinski definition) is 4. The molecule has 1 saturated heterocycles. The van der Waals surface area contributed by atoms with Crippen molar-refractivity contribution in [2.24, 2.45) is 11.3 Å². The standard InChI is InChI=1S/C22H30ClN3OS/c1-14(2)19(25-21-24-15(3)12-28-21)20(27)26-11-10-18(22(4,5)13-26)16-6-8-17(23)9-7-16/h6-9,12,14,18-19H,10-11,13H2,1-5H3,(H,24,25)/t18?,19-/m1/s1. The molecule has 2 atom stereocenters. The number of carbonyl (C=O) groups is 1. The van der Waals surface area contributed by atoms with Gasteiger partial charge in [-0.25, -0.2) is 4.98 Å². The van der Waals surface area contributed by atoms with Crippen molar-refractivity contribution in [3.63, 3.8) is 0 Å². The maximum absolute atomic E-state index is 13.3. The second-order valence-electron chi connectivity index (χ2n) is 8.80. The van der Waals surface area contributed by atoms with Crippen LogP contribution in [0.25, 0.3) is 0 Å². The van der Waals surface area contributed by atoms with Crippen molar-refractivity contribution in [1.29, 1.82) is 0 Å². The van der Waals surface area contributed by atoms with E-state index in [4.69, 9.17) is 11.6 Å². The third-order valence-corrected chi connectivity index (χ3v) is 6.79. The molecule has 0 saturated carbocycles. The van der Waals surface area contributed by atoms with Gasteiger partial charge >= 0.3 is 0 Å². The van der Waals surface area contributed by atoms with Crippen LogP contribution in [-0.4, -0.2) is 34.9 Å². The van der Waals surface area contributed by atoms with Gasteiger partial charge in [-0.2, -0.15) is 0 Å². The molecule has 1 fully saturated rings. The molecule has 1 amide bonds. The first kappa shape index (κ1) is 21.1. The van der Waals surface area contributed by atoms with Crippen LogP contribution < -0.4 is 5.32 Å². The van der Waals surface area contributed by atoms with Crippen LogP contribution in [0.1, 0.15) is 51.3 Å². The van der Waals surface area contributed by atoms with Crippen LogP contribution in [0.5, 0.6) is 0 Å². The second kappa shape index (κ2) is 8.42. The van der Waals surface area contributed by atoms with Gasteiger partial charge in [-0.1, -0.05) is 51.4 Å². The van der Waals surface area contributed by atoms with Crippen LogP contribution in [-0.2, 0) is 4.79 Å². The van der Waals surface area contributed by atoms with Gasteiger partial charge in [0, 0.05) is 23.5 Å². The number of nitrogens with one attached hydrogen (secondary N) is 1. The molecule has 4 nitrogen and oxygen atoms in total. The van der Waals surface area contributed by atoms with Crippen molar-refractivity contribution in [3.05, 3.63) is 45.9 Å². The van der Waals surface area contributed by atoms with E-state index in [0.29, 0.717) is 5.92 Å². The van der Waals surface area contributed by atoms with Crippen molar-refractivity contribution in [1.82, 2.24) is 9.88 Å². The lowest BCUT2D eigenvalue weighted by atomic mass is 9.70. The van der Waals surface area contributed by atoms with Crippen LogP contribution in [0.3, 0.4) is 0 Å². The number of carbonyl (C=O) groups excluding carboxylic acids is 1. The highest BCUT2D eigenvalue weighted by atomic mass is 35.5. The number of halogens is 1. The highest BCUT2D eigenvalue weighted by Crippen LogP contribution is 2.42. The minimum atomic E-state index is -0.256. The minimum Gasteiger partial charge on any atom is -0.350 e. The summed E-state index contributed by atoms with van der Waals surface area (Å²) in [7, 11) is 0. The van der Waals surface area contributed by atoms with Crippen LogP contribution in [0.2, 0.25) is 5.02 Å². The smallest absolute Gasteiger partial charge is 0.245 e. The van der Waals surface area contributed by atoms with Gasteiger partial charge in [0.25, 0.3) is 0 Å². The van der Waals surface area contributed by atoms with E-state index in [9.17, 15) is 4.79 Å². The maximum Gasteiger partial charge on any atom is 0.245 e. The molecule has 0 radical (unpaired) electrons. The van der Waals surface area contributed by atoms with Gasteiger partial charge in [-0.3, -0.25) is 4.79 Å². The SMILES string of the molecule is Cc1csc(N[C@@H](C(=O)N2CCC(c3ccc(Cl)cc3)C(C)(C)C2)C(C)C)n1. The molecule has 1 aliphatic heterocycles. The largest absolute Gasteiger partial charge is 0.350 e. The Hall–Kier alpha value is -1.59. The highest BCUT2D eigenvalue weighted by Gasteiger charge is 2.40. The van der Waals surface area contributed by atoms with E-state index >= 15 is 0 Å². The first-order valence-electron chi connectivity index (χ1n) is 9.90. The fourth-order valence-electron chi connectivity index (χ4n) is 4.12. The van der Waals surface area contributed by atoms with Crippen molar-refractivity contribution < 1.29 is 4.79 Å². The van der Waals surface area contributed by atoms with E-state index in [1.165, 1.54) is 5.56 Å². The van der Waals surface area contributed by atoms with Crippen molar-refractivity contribution >= 4 is 34.0 Å². The van der Waals surface area contributed by atoms with E-state index in [1.54, 1.807) is 11.3 Å². The lowest BCUT2D eigenvalue weighted by Crippen LogP contribution is -2.53. The lowest BCUT2D eigenvalue weighted by molar-refractivity contribution is -0.136. The number of benzene rings is 1. The number of nitrogens with zero attached hydrogens (tertiary/aromatic N) is 2. The van der Waals surface area contributed by atoms with E-state index in [0.717, 1.165) is 35.4 Å². The third-order valence-electron chi connectivity index (χ3n) is 5.64. The van der Waals surface area contributed by atoms with Crippen LogP contribution in [0.15, 0.2) is 29.6 Å². The molecule has 1 aliphatic rings. The van der Waals surface area contributed by atoms with Crippen molar-refractivity contribution in [3.8, 4) is 0 Å². The molecule has 1 N–H and O–H groups in total. The third kappa shape index (κ3) is 4.69. The number of aromatic nitrogens is 1. The number of rotatable bonds is 5. The van der Waals surface area contributed by atoms with Crippen LogP contribution in [0.4, 0.5) is 5.13 Å². The molecule has 1 unspecified atom stereocenters. The summed E-state index contributed by atoms with van der Waals surface area (Å²) in [5.74, 6) is 0.778. The summed E-state index contributed by atoms with van der Waals surface area (Å²) >= 11 is 7.61. The Morgan fingerprint density at radius 3 is 2.54 bits per heavy atom. The molecule has 28 heavy (non-hydrogen) atoms. The van der Waals surface area contributed by atoms with Gasteiger partial charge in [0.2, 0.25) is 5.91 Å². The second-order valence-corrected chi connectivity index (χ2v) is 10.1.